The van der Waals surface area contributed by atoms with Crippen molar-refractivity contribution < 1.29 is 36.7 Å². The van der Waals surface area contributed by atoms with E-state index < -0.39 is 45.3 Å². The molecule has 184 valence electrons. The molecule has 1 atom stereocenters. The highest BCUT2D eigenvalue weighted by atomic mass is 32.2. The molecule has 1 unspecified atom stereocenters. The molecule has 34 heavy (non-hydrogen) atoms. The van der Waals surface area contributed by atoms with Gasteiger partial charge in [-0.3, -0.25) is 14.4 Å². The zero-order chi connectivity index (χ0) is 25.0. The van der Waals surface area contributed by atoms with Crippen LogP contribution in [0.3, 0.4) is 0 Å². The van der Waals surface area contributed by atoms with Crippen molar-refractivity contribution in [3.05, 3.63) is 66.0 Å². The van der Waals surface area contributed by atoms with Crippen LogP contribution >= 0.6 is 0 Å². The van der Waals surface area contributed by atoms with E-state index in [0.717, 1.165) is 12.1 Å². The van der Waals surface area contributed by atoms with Gasteiger partial charge in [0, 0.05) is 13.0 Å². The first-order valence-corrected chi connectivity index (χ1v) is 12.1. The lowest BCUT2D eigenvalue weighted by Gasteiger charge is -2.18. The Morgan fingerprint density at radius 3 is 2.35 bits per heavy atom. The van der Waals surface area contributed by atoms with Gasteiger partial charge < -0.3 is 14.8 Å². The number of hydrogen-bond donors (Lipinski definition) is 2. The van der Waals surface area contributed by atoms with Gasteiger partial charge in [0.25, 0.3) is 5.91 Å². The number of sulfonamides is 1. The average molecular weight is 495 g/mol. The Morgan fingerprint density at radius 1 is 1.00 bits per heavy atom. The van der Waals surface area contributed by atoms with Crippen molar-refractivity contribution in [2.24, 2.45) is 0 Å². The molecule has 9 nitrogen and oxygen atoms in total. The molecule has 0 aliphatic rings. The van der Waals surface area contributed by atoms with E-state index in [4.69, 9.17) is 9.47 Å². The van der Waals surface area contributed by atoms with Gasteiger partial charge in [-0.25, -0.2) is 12.8 Å². The first-order valence-electron chi connectivity index (χ1n) is 10.6. The van der Waals surface area contributed by atoms with Gasteiger partial charge in [-0.05, 0) is 37.5 Å². The minimum atomic E-state index is -4.39. The number of carbonyl (C=O) groups is 3. The van der Waals surface area contributed by atoms with Crippen LogP contribution in [0.4, 0.5) is 4.39 Å². The van der Waals surface area contributed by atoms with Crippen LogP contribution in [-0.2, 0) is 40.3 Å². The van der Waals surface area contributed by atoms with Crippen LogP contribution in [0.1, 0.15) is 25.3 Å². The van der Waals surface area contributed by atoms with Crippen LogP contribution < -0.4 is 10.0 Å². The number of ether oxygens (including phenoxy) is 2. The van der Waals surface area contributed by atoms with E-state index in [9.17, 15) is 27.2 Å². The Labute approximate surface area is 197 Å². The third kappa shape index (κ3) is 8.91. The Hall–Kier alpha value is -3.31. The quantitative estimate of drug-likeness (QED) is 0.321. The van der Waals surface area contributed by atoms with Gasteiger partial charge >= 0.3 is 11.9 Å². The maximum Gasteiger partial charge on any atom is 0.325 e. The molecule has 2 rings (SSSR count). The SMILES string of the molecule is CCOC(=O)CCCNC(=O)COC(=O)C(Cc1ccccc1)NS(=O)(=O)c1ccccc1F. The number of amides is 1. The molecule has 2 N–H and O–H groups in total. The van der Waals surface area contributed by atoms with Crippen molar-refractivity contribution in [3.63, 3.8) is 0 Å². The van der Waals surface area contributed by atoms with Gasteiger partial charge in [-0.1, -0.05) is 42.5 Å². The molecule has 0 saturated heterocycles. The summed E-state index contributed by atoms with van der Waals surface area (Å²) in [5.41, 5.74) is 0.629. The molecular weight excluding hydrogens is 467 g/mol. The standard InChI is InChI=1S/C23H27FN2O7S/c1-2-32-22(28)13-8-14-25-21(27)16-33-23(29)19(15-17-9-4-3-5-10-17)26-34(30,31)20-12-7-6-11-18(20)24/h3-7,9-12,19,26H,2,8,13-16H2,1H3,(H,25,27). The fourth-order valence-electron chi connectivity index (χ4n) is 2.92. The van der Waals surface area contributed by atoms with E-state index in [-0.39, 0.29) is 32.0 Å². The number of benzene rings is 2. The maximum absolute atomic E-state index is 14.0. The van der Waals surface area contributed by atoms with Crippen molar-refractivity contribution in [2.75, 3.05) is 19.8 Å². The first-order chi connectivity index (χ1) is 16.2. The highest BCUT2D eigenvalue weighted by molar-refractivity contribution is 7.89. The summed E-state index contributed by atoms with van der Waals surface area (Å²) in [5.74, 6) is -2.96. The molecule has 0 fully saturated rings. The molecule has 0 heterocycles. The minimum absolute atomic E-state index is 0.0749. The van der Waals surface area contributed by atoms with E-state index in [1.54, 1.807) is 37.3 Å². The summed E-state index contributed by atoms with van der Waals surface area (Å²) in [6.07, 6.45) is 0.400. The molecule has 1 amide bonds. The molecular formula is C23H27FN2O7S. The normalized spacial score (nSPS) is 11.9. The third-order valence-electron chi connectivity index (χ3n) is 4.52. The second-order valence-electron chi connectivity index (χ2n) is 7.16. The molecule has 0 spiro atoms. The van der Waals surface area contributed by atoms with E-state index >= 15 is 0 Å². The van der Waals surface area contributed by atoms with E-state index in [0.29, 0.717) is 12.0 Å². The Morgan fingerprint density at radius 2 is 1.68 bits per heavy atom. The summed E-state index contributed by atoms with van der Waals surface area (Å²) in [6.45, 7) is 1.48. The van der Waals surface area contributed by atoms with Crippen LogP contribution in [0.15, 0.2) is 59.5 Å². The van der Waals surface area contributed by atoms with Crippen molar-refractivity contribution in [1.29, 1.82) is 0 Å². The number of rotatable bonds is 13. The third-order valence-corrected chi connectivity index (χ3v) is 6.03. The molecule has 0 bridgehead atoms. The van der Waals surface area contributed by atoms with E-state index in [2.05, 4.69) is 10.0 Å². The van der Waals surface area contributed by atoms with Crippen LogP contribution in [0.25, 0.3) is 0 Å². The Bertz CT molecular complexity index is 1080. The van der Waals surface area contributed by atoms with Crippen LogP contribution in [0, 0.1) is 5.82 Å². The maximum atomic E-state index is 14.0. The lowest BCUT2D eigenvalue weighted by molar-refractivity contribution is -0.150. The Balaban J connectivity index is 1.99. The van der Waals surface area contributed by atoms with Gasteiger partial charge in [0.2, 0.25) is 10.0 Å². The first kappa shape index (κ1) is 26.9. The average Bonchev–Trinajstić information content (AvgIpc) is 2.80. The lowest BCUT2D eigenvalue weighted by Crippen LogP contribution is -2.44. The number of carbonyl (C=O) groups excluding carboxylic acids is 3. The lowest BCUT2D eigenvalue weighted by atomic mass is 10.1. The topological polar surface area (TPSA) is 128 Å². The predicted octanol–water partition coefficient (Wildman–Crippen LogP) is 1.72. The van der Waals surface area contributed by atoms with Crippen molar-refractivity contribution in [3.8, 4) is 0 Å². The largest absolute Gasteiger partial charge is 0.466 e. The number of esters is 2. The number of hydrogen-bond acceptors (Lipinski definition) is 7. The highest BCUT2D eigenvalue weighted by Crippen LogP contribution is 2.15. The molecule has 11 heteroatoms. The van der Waals surface area contributed by atoms with Crippen molar-refractivity contribution in [2.45, 2.75) is 37.1 Å². The second kappa shape index (κ2) is 13.4. The predicted molar refractivity (Wildman–Crippen MR) is 120 cm³/mol. The van der Waals surface area contributed by atoms with Gasteiger partial charge in [-0.2, -0.15) is 4.72 Å². The molecule has 2 aromatic carbocycles. The van der Waals surface area contributed by atoms with Gasteiger partial charge in [-0.15, -0.1) is 0 Å². The molecule has 0 radical (unpaired) electrons. The molecule has 0 saturated carbocycles. The zero-order valence-corrected chi connectivity index (χ0v) is 19.5. The van der Waals surface area contributed by atoms with Gasteiger partial charge in [0.05, 0.1) is 6.61 Å². The highest BCUT2D eigenvalue weighted by Gasteiger charge is 2.29. The van der Waals surface area contributed by atoms with Crippen LogP contribution in [0.5, 0.6) is 0 Å². The van der Waals surface area contributed by atoms with Crippen LogP contribution in [-0.4, -0.2) is 52.1 Å². The van der Waals surface area contributed by atoms with Crippen molar-refractivity contribution in [1.82, 2.24) is 10.0 Å². The smallest absolute Gasteiger partial charge is 0.325 e. The van der Waals surface area contributed by atoms with E-state index in [1.807, 2.05) is 0 Å². The molecule has 2 aromatic rings. The van der Waals surface area contributed by atoms with Gasteiger partial charge in [0.15, 0.2) is 6.61 Å². The number of nitrogens with one attached hydrogen (secondary N) is 2. The number of halogens is 1. The summed E-state index contributed by atoms with van der Waals surface area (Å²) in [7, 11) is -4.39. The summed E-state index contributed by atoms with van der Waals surface area (Å²) in [6, 6.07) is 11.9. The fraction of sp³-hybridized carbons (Fsp3) is 0.348. The minimum Gasteiger partial charge on any atom is -0.466 e. The summed E-state index contributed by atoms with van der Waals surface area (Å²) in [5, 5.41) is 2.49. The van der Waals surface area contributed by atoms with Crippen LogP contribution in [0.2, 0.25) is 0 Å². The summed E-state index contributed by atoms with van der Waals surface area (Å²) >= 11 is 0. The summed E-state index contributed by atoms with van der Waals surface area (Å²) < 4.78 is 51.4. The molecule has 0 aromatic heterocycles. The summed E-state index contributed by atoms with van der Waals surface area (Å²) in [4.78, 5) is 35.3. The monoisotopic (exact) mass is 494 g/mol. The fourth-order valence-corrected chi connectivity index (χ4v) is 4.18. The zero-order valence-electron chi connectivity index (χ0n) is 18.7. The van der Waals surface area contributed by atoms with E-state index in [1.165, 1.54) is 12.1 Å². The second-order valence-corrected chi connectivity index (χ2v) is 8.84. The Kier molecular flexibility index (Phi) is 10.6. The molecule has 0 aliphatic carbocycles. The van der Waals surface area contributed by atoms with Gasteiger partial charge in [0.1, 0.15) is 16.8 Å². The molecule has 0 aliphatic heterocycles. The van der Waals surface area contributed by atoms with Crippen molar-refractivity contribution >= 4 is 27.9 Å².